The average Bonchev–Trinajstić information content (AvgIpc) is 2.03. The quantitative estimate of drug-likeness (QED) is 0.582. The molecule has 14 heavy (non-hydrogen) atoms. The second kappa shape index (κ2) is 5.56. The zero-order valence-corrected chi connectivity index (χ0v) is 8.15. The summed E-state index contributed by atoms with van der Waals surface area (Å²) >= 11 is 0. The van der Waals surface area contributed by atoms with Gasteiger partial charge in [-0.1, -0.05) is 0 Å². The van der Waals surface area contributed by atoms with Crippen molar-refractivity contribution in [3.63, 3.8) is 0 Å². The first-order chi connectivity index (χ1) is 6.48. The van der Waals surface area contributed by atoms with Gasteiger partial charge in [0, 0.05) is 13.2 Å². The van der Waals surface area contributed by atoms with Crippen molar-refractivity contribution in [2.24, 2.45) is 0 Å². The fourth-order valence-electron chi connectivity index (χ4n) is 1.01. The van der Waals surface area contributed by atoms with E-state index in [-0.39, 0.29) is 13.2 Å². The molecule has 0 spiro atoms. The largest absolute Gasteiger partial charge is 0.481 e. The van der Waals surface area contributed by atoms with Crippen molar-refractivity contribution < 1.29 is 29.3 Å². The topological polar surface area (TPSA) is 93.1 Å². The van der Waals surface area contributed by atoms with E-state index >= 15 is 0 Å². The minimum Gasteiger partial charge on any atom is -0.481 e. The maximum atomic E-state index is 10.8. The van der Waals surface area contributed by atoms with E-state index in [1.54, 1.807) is 13.8 Å². The molecule has 0 fully saturated rings. The summed E-state index contributed by atoms with van der Waals surface area (Å²) in [5.41, 5.74) is 0. The molecule has 2 N–H and O–H groups in total. The lowest BCUT2D eigenvalue weighted by atomic mass is 10.2. The van der Waals surface area contributed by atoms with Crippen molar-refractivity contribution in [2.75, 3.05) is 13.2 Å². The summed E-state index contributed by atoms with van der Waals surface area (Å²) in [6.45, 7) is 3.27. The molecule has 0 radical (unpaired) electrons. The second-order valence-electron chi connectivity index (χ2n) is 2.49. The molecule has 82 valence electrons. The third kappa shape index (κ3) is 3.31. The summed E-state index contributed by atoms with van der Waals surface area (Å²) in [7, 11) is 0. The lowest BCUT2D eigenvalue weighted by molar-refractivity contribution is -0.245. The van der Waals surface area contributed by atoms with Gasteiger partial charge in [0.05, 0.1) is 0 Å². The molecule has 0 heterocycles. The molecular formula is C8H14O6. The van der Waals surface area contributed by atoms with E-state index in [1.165, 1.54) is 0 Å². The van der Waals surface area contributed by atoms with Crippen LogP contribution in [0, 0.1) is 0 Å². The lowest BCUT2D eigenvalue weighted by Crippen LogP contribution is -2.46. The highest BCUT2D eigenvalue weighted by Crippen LogP contribution is 2.18. The number of carbonyl (C=O) groups is 2. The molecule has 0 aliphatic rings. The van der Waals surface area contributed by atoms with Gasteiger partial charge in [0.1, 0.15) is 6.42 Å². The third-order valence-corrected chi connectivity index (χ3v) is 1.46. The fraction of sp³-hybridized carbons (Fsp3) is 0.750. The van der Waals surface area contributed by atoms with E-state index in [1.807, 2.05) is 0 Å². The Bertz CT molecular complexity index is 206. The standard InChI is InChI=1S/C8H14O6/c1-3-13-8(7(11)12,14-4-2)5-6(9)10/h3-5H2,1-2H3,(H,9,10)(H,11,12). The van der Waals surface area contributed by atoms with Gasteiger partial charge >= 0.3 is 11.9 Å². The van der Waals surface area contributed by atoms with Crippen LogP contribution in [0.3, 0.4) is 0 Å². The van der Waals surface area contributed by atoms with Crippen LogP contribution in [0.25, 0.3) is 0 Å². The Balaban J connectivity index is 4.73. The Morgan fingerprint density at radius 3 is 1.79 bits per heavy atom. The number of carboxylic acids is 2. The number of carboxylic acid groups (broad SMARTS) is 2. The fourth-order valence-corrected chi connectivity index (χ4v) is 1.01. The summed E-state index contributed by atoms with van der Waals surface area (Å²) in [5.74, 6) is -4.77. The molecule has 0 rings (SSSR count). The van der Waals surface area contributed by atoms with Crippen molar-refractivity contribution in [1.82, 2.24) is 0 Å². The monoisotopic (exact) mass is 206 g/mol. The summed E-state index contributed by atoms with van der Waals surface area (Å²) in [6, 6.07) is 0. The molecule has 6 nitrogen and oxygen atoms in total. The van der Waals surface area contributed by atoms with Crippen molar-refractivity contribution in [2.45, 2.75) is 26.1 Å². The number of rotatable bonds is 7. The zero-order chi connectivity index (χ0) is 11.2. The maximum Gasteiger partial charge on any atom is 0.365 e. The molecule has 0 aromatic carbocycles. The highest BCUT2D eigenvalue weighted by Gasteiger charge is 2.43. The molecular weight excluding hydrogens is 192 g/mol. The van der Waals surface area contributed by atoms with Crippen LogP contribution in [0.1, 0.15) is 20.3 Å². The molecule has 0 bridgehead atoms. The van der Waals surface area contributed by atoms with Crippen molar-refractivity contribution in [1.29, 1.82) is 0 Å². The van der Waals surface area contributed by atoms with Crippen LogP contribution in [0.15, 0.2) is 0 Å². The molecule has 0 aromatic rings. The molecule has 0 amide bonds. The molecule has 0 atom stereocenters. The van der Waals surface area contributed by atoms with Gasteiger partial charge in [0.2, 0.25) is 0 Å². The van der Waals surface area contributed by atoms with E-state index in [4.69, 9.17) is 19.7 Å². The average molecular weight is 206 g/mol. The summed E-state index contributed by atoms with van der Waals surface area (Å²) in [4.78, 5) is 21.3. The first-order valence-corrected chi connectivity index (χ1v) is 4.21. The molecule has 0 unspecified atom stereocenters. The van der Waals surface area contributed by atoms with E-state index in [2.05, 4.69) is 0 Å². The highest BCUT2D eigenvalue weighted by atomic mass is 16.7. The molecule has 0 saturated heterocycles. The SMILES string of the molecule is CCOC(CC(=O)O)(OCC)C(=O)O. The van der Waals surface area contributed by atoms with Crippen LogP contribution in [-0.2, 0) is 19.1 Å². The van der Waals surface area contributed by atoms with Gasteiger partial charge in [-0.25, -0.2) is 4.79 Å². The number of ether oxygens (including phenoxy) is 2. The van der Waals surface area contributed by atoms with Crippen molar-refractivity contribution >= 4 is 11.9 Å². The van der Waals surface area contributed by atoms with Crippen LogP contribution in [0.5, 0.6) is 0 Å². The van der Waals surface area contributed by atoms with E-state index < -0.39 is 24.1 Å². The van der Waals surface area contributed by atoms with Gasteiger partial charge in [-0.3, -0.25) is 4.79 Å². The summed E-state index contributed by atoms with van der Waals surface area (Å²) in [6.07, 6.45) is -0.718. The molecule has 0 aliphatic carbocycles. The van der Waals surface area contributed by atoms with Gasteiger partial charge in [-0.2, -0.15) is 0 Å². The third-order valence-electron chi connectivity index (χ3n) is 1.46. The summed E-state index contributed by atoms with van der Waals surface area (Å²) in [5, 5.41) is 17.3. The smallest absolute Gasteiger partial charge is 0.365 e. The minimum absolute atomic E-state index is 0.0690. The van der Waals surface area contributed by atoms with Gasteiger partial charge < -0.3 is 19.7 Å². The van der Waals surface area contributed by atoms with E-state index in [0.29, 0.717) is 0 Å². The Hall–Kier alpha value is -1.14. The maximum absolute atomic E-state index is 10.8. The lowest BCUT2D eigenvalue weighted by Gasteiger charge is -2.26. The predicted octanol–water partition coefficient (Wildman–Crippen LogP) is 0.315. The van der Waals surface area contributed by atoms with Gasteiger partial charge in [0.25, 0.3) is 5.79 Å². The highest BCUT2D eigenvalue weighted by molar-refractivity contribution is 5.82. The predicted molar refractivity (Wildman–Crippen MR) is 45.9 cm³/mol. The Kier molecular flexibility index (Phi) is 5.11. The van der Waals surface area contributed by atoms with Gasteiger partial charge in [-0.15, -0.1) is 0 Å². The number of hydrogen-bond acceptors (Lipinski definition) is 4. The van der Waals surface area contributed by atoms with Crippen LogP contribution >= 0.6 is 0 Å². The van der Waals surface area contributed by atoms with Gasteiger partial charge in [0.15, 0.2) is 0 Å². The second-order valence-corrected chi connectivity index (χ2v) is 2.49. The van der Waals surface area contributed by atoms with E-state index in [9.17, 15) is 9.59 Å². The van der Waals surface area contributed by atoms with E-state index in [0.717, 1.165) is 0 Å². The summed E-state index contributed by atoms with van der Waals surface area (Å²) < 4.78 is 9.68. The minimum atomic E-state index is -2.06. The first kappa shape index (κ1) is 12.9. The van der Waals surface area contributed by atoms with Crippen LogP contribution in [-0.4, -0.2) is 41.2 Å². The Morgan fingerprint density at radius 1 is 1.14 bits per heavy atom. The zero-order valence-electron chi connectivity index (χ0n) is 8.15. The van der Waals surface area contributed by atoms with Crippen LogP contribution in [0.2, 0.25) is 0 Å². The molecule has 0 aromatic heterocycles. The normalized spacial score (nSPS) is 11.3. The van der Waals surface area contributed by atoms with Crippen LogP contribution in [0.4, 0.5) is 0 Å². The number of hydrogen-bond donors (Lipinski definition) is 2. The Morgan fingerprint density at radius 2 is 1.57 bits per heavy atom. The van der Waals surface area contributed by atoms with Crippen molar-refractivity contribution in [3.8, 4) is 0 Å². The molecule has 6 heteroatoms. The first-order valence-electron chi connectivity index (χ1n) is 4.21. The Labute approximate surface area is 81.4 Å². The number of aliphatic carboxylic acids is 2. The molecule has 0 saturated carbocycles. The van der Waals surface area contributed by atoms with Crippen LogP contribution < -0.4 is 0 Å². The van der Waals surface area contributed by atoms with Crippen molar-refractivity contribution in [3.05, 3.63) is 0 Å². The van der Waals surface area contributed by atoms with Gasteiger partial charge in [-0.05, 0) is 13.8 Å². The molecule has 0 aliphatic heterocycles.